The molecule has 1 aromatic rings. The molecule has 0 aliphatic carbocycles. The Morgan fingerprint density at radius 3 is 2.24 bits per heavy atom. The number of benzene rings is 1. The Morgan fingerprint density at radius 2 is 1.76 bits per heavy atom. The number of carbonyl (C=O) groups is 2. The molecule has 0 saturated heterocycles. The summed E-state index contributed by atoms with van der Waals surface area (Å²) >= 11 is 0. The third kappa shape index (κ3) is 5.19. The maximum atomic E-state index is 12.5. The molecule has 0 saturated carbocycles. The highest BCUT2D eigenvalue weighted by atomic mass is 16.4. The molecule has 0 aliphatic rings. The summed E-state index contributed by atoms with van der Waals surface area (Å²) in [6.07, 6.45) is 0.804. The predicted octanol–water partition coefficient (Wildman–Crippen LogP) is 2.22. The third-order valence-corrected chi connectivity index (χ3v) is 3.58. The van der Waals surface area contributed by atoms with Gasteiger partial charge in [0.2, 0.25) is 5.91 Å². The number of carbonyl (C=O) groups excluding carboxylic acids is 1. The summed E-state index contributed by atoms with van der Waals surface area (Å²) < 4.78 is 0. The van der Waals surface area contributed by atoms with Crippen LogP contribution in [-0.2, 0) is 9.59 Å². The number of anilines is 1. The van der Waals surface area contributed by atoms with Gasteiger partial charge in [0.25, 0.3) is 0 Å². The van der Waals surface area contributed by atoms with Crippen LogP contribution in [0.2, 0.25) is 0 Å². The van der Waals surface area contributed by atoms with Crippen molar-refractivity contribution in [2.75, 3.05) is 24.5 Å². The van der Waals surface area contributed by atoms with Gasteiger partial charge in [-0.05, 0) is 32.4 Å². The van der Waals surface area contributed by atoms with Crippen LogP contribution in [0, 0.1) is 0 Å². The number of hydrogen-bond acceptors (Lipinski definition) is 3. The minimum atomic E-state index is -0.911. The molecule has 0 heterocycles. The molecule has 0 aliphatic heterocycles. The van der Waals surface area contributed by atoms with E-state index in [2.05, 4.69) is 0 Å². The lowest BCUT2D eigenvalue weighted by Crippen LogP contribution is -2.45. The first-order valence-electron chi connectivity index (χ1n) is 7.30. The molecule has 1 atom stereocenters. The van der Waals surface area contributed by atoms with Crippen LogP contribution >= 0.6 is 0 Å². The molecule has 1 aromatic carbocycles. The van der Waals surface area contributed by atoms with E-state index >= 15 is 0 Å². The number of amides is 1. The van der Waals surface area contributed by atoms with Gasteiger partial charge in [0.15, 0.2) is 0 Å². The van der Waals surface area contributed by atoms with Crippen molar-refractivity contribution in [3.8, 4) is 0 Å². The Balaban J connectivity index is 2.81. The Morgan fingerprint density at radius 1 is 1.14 bits per heavy atom. The summed E-state index contributed by atoms with van der Waals surface area (Å²) in [5.41, 5.74) is 0.837. The Labute approximate surface area is 126 Å². The van der Waals surface area contributed by atoms with Gasteiger partial charge in [0, 0.05) is 18.3 Å². The monoisotopic (exact) mass is 292 g/mol. The van der Waals surface area contributed by atoms with E-state index in [9.17, 15) is 9.59 Å². The molecule has 21 heavy (non-hydrogen) atoms. The van der Waals surface area contributed by atoms with E-state index in [0.29, 0.717) is 6.54 Å². The quantitative estimate of drug-likeness (QED) is 0.798. The first kappa shape index (κ1) is 17.2. The standard InChI is InChI=1S/C16H24N2O3/c1-4-13(3)17(12-16(20)21)11-15(19)18(5-2)14-9-7-6-8-10-14/h6-10,13H,4-5,11-12H2,1-3H3,(H,20,21). The molecule has 1 amide bonds. The Bertz CT molecular complexity index is 462. The zero-order valence-electron chi connectivity index (χ0n) is 13.0. The van der Waals surface area contributed by atoms with E-state index in [0.717, 1.165) is 12.1 Å². The van der Waals surface area contributed by atoms with Crippen molar-refractivity contribution in [3.63, 3.8) is 0 Å². The highest BCUT2D eigenvalue weighted by molar-refractivity contribution is 5.94. The minimum Gasteiger partial charge on any atom is -0.480 e. The SMILES string of the molecule is CCC(C)N(CC(=O)O)CC(=O)N(CC)c1ccccc1. The number of hydrogen-bond donors (Lipinski definition) is 1. The zero-order valence-corrected chi connectivity index (χ0v) is 13.0. The maximum absolute atomic E-state index is 12.5. The molecule has 0 spiro atoms. The summed E-state index contributed by atoms with van der Waals surface area (Å²) in [5.74, 6) is -0.990. The average molecular weight is 292 g/mol. The topological polar surface area (TPSA) is 60.9 Å². The Hall–Kier alpha value is -1.88. The fraction of sp³-hybridized carbons (Fsp3) is 0.500. The minimum absolute atomic E-state index is 0.0551. The van der Waals surface area contributed by atoms with Gasteiger partial charge in [-0.1, -0.05) is 25.1 Å². The van der Waals surface area contributed by atoms with E-state index in [1.54, 1.807) is 9.80 Å². The van der Waals surface area contributed by atoms with Crippen LogP contribution in [0.15, 0.2) is 30.3 Å². The third-order valence-electron chi connectivity index (χ3n) is 3.58. The summed E-state index contributed by atoms with van der Waals surface area (Å²) in [4.78, 5) is 26.8. The largest absolute Gasteiger partial charge is 0.480 e. The molecular formula is C16H24N2O3. The first-order chi connectivity index (χ1) is 9.99. The molecule has 116 valence electrons. The lowest BCUT2D eigenvalue weighted by atomic mass is 10.2. The molecular weight excluding hydrogens is 268 g/mol. The predicted molar refractivity (Wildman–Crippen MR) is 83.4 cm³/mol. The smallest absolute Gasteiger partial charge is 0.317 e. The van der Waals surface area contributed by atoms with E-state index in [4.69, 9.17) is 5.11 Å². The zero-order chi connectivity index (χ0) is 15.8. The number of nitrogens with zero attached hydrogens (tertiary/aromatic N) is 2. The van der Waals surface area contributed by atoms with Crippen molar-refractivity contribution in [1.29, 1.82) is 0 Å². The van der Waals surface area contributed by atoms with Gasteiger partial charge in [0.1, 0.15) is 0 Å². The summed E-state index contributed by atoms with van der Waals surface area (Å²) in [5, 5.41) is 8.99. The number of para-hydroxylation sites is 1. The van der Waals surface area contributed by atoms with E-state index < -0.39 is 5.97 Å². The fourth-order valence-electron chi connectivity index (χ4n) is 2.17. The van der Waals surface area contributed by atoms with Crippen LogP contribution in [0.3, 0.4) is 0 Å². The normalized spacial score (nSPS) is 12.2. The molecule has 5 heteroatoms. The van der Waals surface area contributed by atoms with Gasteiger partial charge in [-0.2, -0.15) is 0 Å². The fourth-order valence-corrected chi connectivity index (χ4v) is 2.17. The van der Waals surface area contributed by atoms with E-state index in [-0.39, 0.29) is 25.0 Å². The van der Waals surface area contributed by atoms with Crippen LogP contribution in [0.1, 0.15) is 27.2 Å². The van der Waals surface area contributed by atoms with Gasteiger partial charge < -0.3 is 10.0 Å². The number of aliphatic carboxylic acids is 1. The second-order valence-electron chi connectivity index (χ2n) is 5.03. The van der Waals surface area contributed by atoms with Crippen LogP contribution < -0.4 is 4.90 Å². The van der Waals surface area contributed by atoms with E-state index in [1.807, 2.05) is 51.1 Å². The molecule has 0 fully saturated rings. The van der Waals surface area contributed by atoms with Crippen molar-refractivity contribution in [1.82, 2.24) is 4.90 Å². The van der Waals surface area contributed by atoms with Crippen LogP contribution in [0.4, 0.5) is 5.69 Å². The van der Waals surface area contributed by atoms with Crippen molar-refractivity contribution in [2.24, 2.45) is 0 Å². The van der Waals surface area contributed by atoms with Gasteiger partial charge >= 0.3 is 5.97 Å². The van der Waals surface area contributed by atoms with Crippen molar-refractivity contribution < 1.29 is 14.7 Å². The second kappa shape index (κ2) is 8.42. The molecule has 1 unspecified atom stereocenters. The second-order valence-corrected chi connectivity index (χ2v) is 5.03. The summed E-state index contributed by atoms with van der Waals surface area (Å²) in [6, 6.07) is 9.49. The highest BCUT2D eigenvalue weighted by Crippen LogP contribution is 2.14. The number of rotatable bonds is 8. The van der Waals surface area contributed by atoms with E-state index in [1.165, 1.54) is 0 Å². The van der Waals surface area contributed by atoms with Crippen molar-refractivity contribution >= 4 is 17.6 Å². The lowest BCUT2D eigenvalue weighted by Gasteiger charge is -2.29. The first-order valence-corrected chi connectivity index (χ1v) is 7.30. The van der Waals surface area contributed by atoms with Gasteiger partial charge in [-0.25, -0.2) is 0 Å². The van der Waals surface area contributed by atoms with Gasteiger partial charge in [-0.3, -0.25) is 14.5 Å². The molecule has 1 N–H and O–H groups in total. The summed E-state index contributed by atoms with van der Waals surface area (Å²) in [6.45, 7) is 6.39. The van der Waals surface area contributed by atoms with Crippen molar-refractivity contribution in [3.05, 3.63) is 30.3 Å². The van der Waals surface area contributed by atoms with Crippen LogP contribution in [0.5, 0.6) is 0 Å². The summed E-state index contributed by atoms with van der Waals surface area (Å²) in [7, 11) is 0. The molecule has 0 aromatic heterocycles. The number of carboxylic acid groups (broad SMARTS) is 1. The van der Waals surface area contributed by atoms with Crippen molar-refractivity contribution in [2.45, 2.75) is 33.2 Å². The number of carboxylic acids is 1. The maximum Gasteiger partial charge on any atom is 0.317 e. The lowest BCUT2D eigenvalue weighted by molar-refractivity contribution is -0.139. The number of likely N-dealkylation sites (N-methyl/N-ethyl adjacent to an activating group) is 1. The van der Waals surface area contributed by atoms with Gasteiger partial charge in [0.05, 0.1) is 13.1 Å². The molecule has 0 radical (unpaired) electrons. The van der Waals surface area contributed by atoms with Crippen LogP contribution in [0.25, 0.3) is 0 Å². The average Bonchev–Trinajstić information content (AvgIpc) is 2.47. The molecule has 0 bridgehead atoms. The molecule has 1 rings (SSSR count). The highest BCUT2D eigenvalue weighted by Gasteiger charge is 2.22. The van der Waals surface area contributed by atoms with Gasteiger partial charge in [-0.15, -0.1) is 0 Å². The Kier molecular flexibility index (Phi) is 6.88. The molecule has 5 nitrogen and oxygen atoms in total. The van der Waals surface area contributed by atoms with Crippen LogP contribution in [-0.4, -0.2) is 47.6 Å².